The number of fused-ring (bicyclic) bond motifs is 1. The fourth-order valence-electron chi connectivity index (χ4n) is 3.41. The van der Waals surface area contributed by atoms with Crippen molar-refractivity contribution >= 4 is 39.7 Å². The lowest BCUT2D eigenvalue weighted by Gasteiger charge is -2.25. The molecule has 0 aliphatic carbocycles. The third-order valence-electron chi connectivity index (χ3n) is 4.99. The minimum atomic E-state index is -0.296. The summed E-state index contributed by atoms with van der Waals surface area (Å²) in [4.78, 5) is 17.4. The minimum Gasteiger partial charge on any atom is -0.379 e. The van der Waals surface area contributed by atoms with Crippen LogP contribution in [-0.4, -0.2) is 41.7 Å². The number of pyridine rings is 1. The maximum absolute atomic E-state index is 13.0. The number of hydrogen-bond acceptors (Lipinski definition) is 5. The normalized spacial score (nSPS) is 15.0. The van der Waals surface area contributed by atoms with Gasteiger partial charge in [0.25, 0.3) is 5.91 Å². The zero-order valence-electron chi connectivity index (χ0n) is 16.1. The molecule has 0 unspecified atom stereocenters. The number of aromatic nitrogens is 1. The van der Waals surface area contributed by atoms with Crippen molar-refractivity contribution in [3.63, 3.8) is 0 Å². The molecule has 0 radical (unpaired) electrons. The zero-order valence-corrected chi connectivity index (χ0v) is 17.7. The van der Waals surface area contributed by atoms with Crippen LogP contribution < -0.4 is 5.32 Å². The fourth-order valence-corrected chi connectivity index (χ4v) is 4.92. The SMILES string of the molecule is Cn1cc(C(=O)NCc2ccc(F)cc2)c(=S)c2cc(CN3CCOCC3)sc21. The number of carbonyl (C=O) groups is 1. The van der Waals surface area contributed by atoms with Crippen LogP contribution in [0.2, 0.25) is 0 Å². The molecule has 1 saturated heterocycles. The Morgan fingerprint density at radius 1 is 1.28 bits per heavy atom. The summed E-state index contributed by atoms with van der Waals surface area (Å²) in [7, 11) is 1.93. The number of benzene rings is 1. The molecule has 1 aliphatic heterocycles. The summed E-state index contributed by atoms with van der Waals surface area (Å²) < 4.78 is 21.0. The molecule has 1 aromatic carbocycles. The van der Waals surface area contributed by atoms with Crippen LogP contribution in [-0.2, 0) is 24.9 Å². The number of morpholine rings is 1. The number of ether oxygens (including phenoxy) is 1. The Morgan fingerprint density at radius 2 is 2.00 bits per heavy atom. The van der Waals surface area contributed by atoms with Crippen LogP contribution in [0.15, 0.2) is 36.5 Å². The van der Waals surface area contributed by atoms with Gasteiger partial charge in [-0.1, -0.05) is 24.4 Å². The Bertz CT molecular complexity index is 1090. The van der Waals surface area contributed by atoms with Gasteiger partial charge in [-0.3, -0.25) is 9.69 Å². The second-order valence-electron chi connectivity index (χ2n) is 7.11. The van der Waals surface area contributed by atoms with Crippen molar-refractivity contribution in [2.45, 2.75) is 13.1 Å². The molecule has 29 heavy (non-hydrogen) atoms. The number of nitrogens with zero attached hydrogens (tertiary/aromatic N) is 2. The Hall–Kier alpha value is -2.13. The van der Waals surface area contributed by atoms with Gasteiger partial charge in [0.15, 0.2) is 0 Å². The number of amides is 1. The van der Waals surface area contributed by atoms with Crippen LogP contribution in [0.3, 0.4) is 0 Å². The lowest BCUT2D eigenvalue weighted by Crippen LogP contribution is -2.35. The number of carbonyl (C=O) groups excluding carboxylic acids is 1. The number of halogens is 1. The number of rotatable bonds is 5. The van der Waals surface area contributed by atoms with Crippen molar-refractivity contribution in [3.05, 3.63) is 62.9 Å². The molecule has 1 aliphatic rings. The molecule has 1 amide bonds. The van der Waals surface area contributed by atoms with Crippen molar-refractivity contribution in [3.8, 4) is 0 Å². The highest BCUT2D eigenvalue weighted by molar-refractivity contribution is 7.71. The van der Waals surface area contributed by atoms with E-state index in [1.54, 1.807) is 29.7 Å². The first-order valence-electron chi connectivity index (χ1n) is 9.46. The van der Waals surface area contributed by atoms with E-state index < -0.39 is 0 Å². The zero-order chi connectivity index (χ0) is 20.4. The molecule has 3 aromatic rings. The third-order valence-corrected chi connectivity index (χ3v) is 6.64. The summed E-state index contributed by atoms with van der Waals surface area (Å²) in [6.07, 6.45) is 1.79. The highest BCUT2D eigenvalue weighted by Gasteiger charge is 2.17. The first-order valence-corrected chi connectivity index (χ1v) is 10.7. The van der Waals surface area contributed by atoms with Gasteiger partial charge in [-0.05, 0) is 23.8 Å². The van der Waals surface area contributed by atoms with Gasteiger partial charge < -0.3 is 14.6 Å². The van der Waals surface area contributed by atoms with Crippen molar-refractivity contribution in [2.75, 3.05) is 26.3 Å². The highest BCUT2D eigenvalue weighted by atomic mass is 32.1. The van der Waals surface area contributed by atoms with Gasteiger partial charge in [-0.2, -0.15) is 0 Å². The van der Waals surface area contributed by atoms with Gasteiger partial charge in [0.1, 0.15) is 10.6 Å². The molecule has 5 nitrogen and oxygen atoms in total. The van der Waals surface area contributed by atoms with Crippen LogP contribution >= 0.6 is 23.6 Å². The quantitative estimate of drug-likeness (QED) is 0.623. The predicted octanol–water partition coefficient (Wildman–Crippen LogP) is 3.87. The van der Waals surface area contributed by atoms with E-state index in [2.05, 4.69) is 16.3 Å². The second kappa shape index (κ2) is 8.71. The van der Waals surface area contributed by atoms with Gasteiger partial charge in [-0.25, -0.2) is 4.39 Å². The molecule has 2 aromatic heterocycles. The maximum atomic E-state index is 13.0. The van der Waals surface area contributed by atoms with Gasteiger partial charge in [0, 0.05) is 49.7 Å². The summed E-state index contributed by atoms with van der Waals surface area (Å²) >= 11 is 7.35. The average Bonchev–Trinajstić information content (AvgIpc) is 3.15. The molecule has 1 N–H and O–H groups in total. The molecule has 0 bridgehead atoms. The smallest absolute Gasteiger partial charge is 0.254 e. The van der Waals surface area contributed by atoms with Crippen LogP contribution in [0.5, 0.6) is 0 Å². The van der Waals surface area contributed by atoms with E-state index in [0.29, 0.717) is 16.6 Å². The molecular weight excluding hydrogens is 409 g/mol. The summed E-state index contributed by atoms with van der Waals surface area (Å²) in [5, 5.41) is 3.82. The first kappa shape index (κ1) is 20.2. The average molecular weight is 432 g/mol. The standard InChI is InChI=1S/C21H22FN3O2S2/c1-24-13-18(20(26)23-11-14-2-4-15(22)5-3-14)19(28)17-10-16(29-21(17)24)12-25-6-8-27-9-7-25/h2-5,10,13H,6-9,11-12H2,1H3,(H,23,26). The first-order chi connectivity index (χ1) is 14.0. The van der Waals surface area contributed by atoms with Crippen LogP contribution in [0.25, 0.3) is 10.2 Å². The highest BCUT2D eigenvalue weighted by Crippen LogP contribution is 2.29. The van der Waals surface area contributed by atoms with Crippen molar-refractivity contribution < 1.29 is 13.9 Å². The van der Waals surface area contributed by atoms with E-state index in [9.17, 15) is 9.18 Å². The van der Waals surface area contributed by atoms with Gasteiger partial charge in [0.2, 0.25) is 0 Å². The molecule has 8 heteroatoms. The summed E-state index contributed by atoms with van der Waals surface area (Å²) in [6, 6.07) is 8.18. The second-order valence-corrected chi connectivity index (χ2v) is 8.64. The maximum Gasteiger partial charge on any atom is 0.254 e. The van der Waals surface area contributed by atoms with Crippen molar-refractivity contribution in [2.24, 2.45) is 7.05 Å². The Balaban J connectivity index is 1.54. The van der Waals surface area contributed by atoms with Crippen LogP contribution in [0.1, 0.15) is 20.8 Å². The monoisotopic (exact) mass is 431 g/mol. The topological polar surface area (TPSA) is 46.5 Å². The van der Waals surface area contributed by atoms with E-state index in [0.717, 1.165) is 48.6 Å². The van der Waals surface area contributed by atoms with E-state index in [1.807, 2.05) is 11.6 Å². The predicted molar refractivity (Wildman–Crippen MR) is 115 cm³/mol. The lowest BCUT2D eigenvalue weighted by molar-refractivity contribution is 0.0346. The van der Waals surface area contributed by atoms with E-state index in [-0.39, 0.29) is 11.7 Å². The summed E-state index contributed by atoms with van der Waals surface area (Å²) in [6.45, 7) is 4.58. The lowest BCUT2D eigenvalue weighted by atomic mass is 10.2. The van der Waals surface area contributed by atoms with Crippen molar-refractivity contribution in [1.82, 2.24) is 14.8 Å². The number of nitrogens with one attached hydrogen (secondary N) is 1. The fraction of sp³-hybridized carbons (Fsp3) is 0.333. The molecule has 1 fully saturated rings. The molecule has 0 spiro atoms. The van der Waals surface area contributed by atoms with Crippen LogP contribution in [0, 0.1) is 10.3 Å². The number of thiophene rings is 1. The molecule has 0 atom stereocenters. The number of hydrogen-bond donors (Lipinski definition) is 1. The Morgan fingerprint density at radius 3 is 2.72 bits per heavy atom. The van der Waals surface area contributed by atoms with E-state index in [4.69, 9.17) is 17.0 Å². The molecule has 3 heterocycles. The Kier molecular flexibility index (Phi) is 6.05. The van der Waals surface area contributed by atoms with Crippen molar-refractivity contribution in [1.29, 1.82) is 0 Å². The van der Waals surface area contributed by atoms with Gasteiger partial charge in [-0.15, -0.1) is 11.3 Å². The summed E-state index contributed by atoms with van der Waals surface area (Å²) in [5.74, 6) is -0.520. The van der Waals surface area contributed by atoms with E-state index >= 15 is 0 Å². The largest absolute Gasteiger partial charge is 0.379 e. The molecule has 152 valence electrons. The third kappa shape index (κ3) is 4.56. The minimum absolute atomic E-state index is 0.224. The van der Waals surface area contributed by atoms with Gasteiger partial charge in [0.05, 0.1) is 23.3 Å². The Labute approximate surface area is 177 Å². The van der Waals surface area contributed by atoms with E-state index in [1.165, 1.54) is 17.0 Å². The van der Waals surface area contributed by atoms with Gasteiger partial charge >= 0.3 is 0 Å². The molecule has 0 saturated carbocycles. The summed E-state index contributed by atoms with van der Waals surface area (Å²) in [5.41, 5.74) is 1.31. The molecular formula is C21H22FN3O2S2. The molecule has 4 rings (SSSR count). The number of aryl methyl sites for hydroxylation is 1. The van der Waals surface area contributed by atoms with Crippen LogP contribution in [0.4, 0.5) is 4.39 Å².